The van der Waals surface area contributed by atoms with Crippen LogP contribution in [0, 0.1) is 0 Å². The van der Waals surface area contributed by atoms with Gasteiger partial charge in [-0.2, -0.15) is 0 Å². The zero-order chi connectivity index (χ0) is 23.5. The number of Topliss-reactive ketones (excluding diaryl/α,β-unsaturated/α-hetero) is 1. The molecule has 0 saturated carbocycles. The van der Waals surface area contributed by atoms with Gasteiger partial charge in [-0.3, -0.25) is 29.1 Å². The third-order valence-electron chi connectivity index (χ3n) is 6.62. The highest BCUT2D eigenvalue weighted by atomic mass is 16.2. The number of fused-ring (bicyclic) bond motifs is 1. The normalized spacial score (nSPS) is 16.8. The molecule has 6 heteroatoms. The van der Waals surface area contributed by atoms with Crippen molar-refractivity contribution in [3.63, 3.8) is 0 Å². The van der Waals surface area contributed by atoms with Gasteiger partial charge in [0.1, 0.15) is 0 Å². The van der Waals surface area contributed by atoms with E-state index in [9.17, 15) is 14.4 Å². The van der Waals surface area contributed by atoms with E-state index in [2.05, 4.69) is 58.3 Å². The van der Waals surface area contributed by atoms with Gasteiger partial charge in [0.2, 0.25) is 0 Å². The third kappa shape index (κ3) is 4.42. The Labute approximate surface area is 199 Å². The van der Waals surface area contributed by atoms with Crippen LogP contribution in [0.15, 0.2) is 84.9 Å². The number of carbonyl (C=O) groups excluding carboxylic acids is 3. The molecule has 0 aromatic heterocycles. The SMILES string of the molecule is O=C(CN1CCN(C(c2ccccc2)c2ccccc2)CC1)CN1C(=O)c2ccccc2C1=O. The molecule has 0 aliphatic carbocycles. The summed E-state index contributed by atoms with van der Waals surface area (Å²) in [6.45, 7) is 3.23. The van der Waals surface area contributed by atoms with Crippen molar-refractivity contribution in [3.05, 3.63) is 107 Å². The highest BCUT2D eigenvalue weighted by Gasteiger charge is 2.36. The number of hydrogen-bond donors (Lipinski definition) is 0. The quantitative estimate of drug-likeness (QED) is 0.514. The van der Waals surface area contributed by atoms with E-state index in [1.807, 2.05) is 12.1 Å². The van der Waals surface area contributed by atoms with Crippen LogP contribution in [0.4, 0.5) is 0 Å². The molecule has 5 rings (SSSR count). The van der Waals surface area contributed by atoms with Gasteiger partial charge in [-0.15, -0.1) is 0 Å². The van der Waals surface area contributed by atoms with Gasteiger partial charge in [-0.05, 0) is 23.3 Å². The molecule has 3 aromatic rings. The lowest BCUT2D eigenvalue weighted by molar-refractivity contribution is -0.121. The molecule has 2 aliphatic heterocycles. The Morgan fingerprint density at radius 3 is 1.62 bits per heavy atom. The van der Waals surface area contributed by atoms with E-state index < -0.39 is 0 Å². The third-order valence-corrected chi connectivity index (χ3v) is 6.62. The predicted molar refractivity (Wildman–Crippen MR) is 130 cm³/mol. The van der Waals surface area contributed by atoms with Crippen LogP contribution in [0.1, 0.15) is 37.9 Å². The number of benzene rings is 3. The molecule has 34 heavy (non-hydrogen) atoms. The summed E-state index contributed by atoms with van der Waals surface area (Å²) in [5.74, 6) is -0.884. The number of carbonyl (C=O) groups is 3. The van der Waals surface area contributed by atoms with Gasteiger partial charge >= 0.3 is 0 Å². The second-order valence-corrected chi connectivity index (χ2v) is 8.82. The highest BCUT2D eigenvalue weighted by Crippen LogP contribution is 2.29. The summed E-state index contributed by atoms with van der Waals surface area (Å²) in [6, 6.07) is 27.9. The number of nitrogens with zero attached hydrogens (tertiary/aromatic N) is 3. The van der Waals surface area contributed by atoms with Crippen molar-refractivity contribution in [3.8, 4) is 0 Å². The summed E-state index contributed by atoms with van der Waals surface area (Å²) in [4.78, 5) is 43.5. The van der Waals surface area contributed by atoms with Crippen molar-refractivity contribution in [1.29, 1.82) is 0 Å². The minimum atomic E-state index is -0.382. The maximum absolute atomic E-state index is 12.8. The zero-order valence-electron chi connectivity index (χ0n) is 19.0. The Bertz CT molecular complexity index is 1110. The summed E-state index contributed by atoms with van der Waals surface area (Å²) in [5.41, 5.74) is 3.26. The minimum Gasteiger partial charge on any atom is -0.296 e. The molecule has 0 atom stereocenters. The Kier molecular flexibility index (Phi) is 6.34. The molecule has 0 N–H and O–H groups in total. The fourth-order valence-corrected chi connectivity index (χ4v) is 4.92. The first-order valence-electron chi connectivity index (χ1n) is 11.6. The van der Waals surface area contributed by atoms with Crippen molar-refractivity contribution in [2.75, 3.05) is 39.3 Å². The van der Waals surface area contributed by atoms with Crippen molar-refractivity contribution in [2.24, 2.45) is 0 Å². The molecule has 1 saturated heterocycles. The lowest BCUT2D eigenvalue weighted by Crippen LogP contribution is -2.50. The smallest absolute Gasteiger partial charge is 0.261 e. The molecule has 6 nitrogen and oxygen atoms in total. The number of piperazine rings is 1. The lowest BCUT2D eigenvalue weighted by Gasteiger charge is -2.39. The first-order valence-corrected chi connectivity index (χ1v) is 11.6. The first-order chi connectivity index (χ1) is 16.6. The highest BCUT2D eigenvalue weighted by molar-refractivity contribution is 6.22. The fourth-order valence-electron chi connectivity index (χ4n) is 4.92. The molecule has 3 aromatic carbocycles. The zero-order valence-corrected chi connectivity index (χ0v) is 19.0. The van der Waals surface area contributed by atoms with E-state index in [0.29, 0.717) is 11.1 Å². The molecule has 172 valence electrons. The lowest BCUT2D eigenvalue weighted by atomic mass is 9.96. The van der Waals surface area contributed by atoms with Crippen LogP contribution < -0.4 is 0 Å². The van der Waals surface area contributed by atoms with E-state index in [4.69, 9.17) is 0 Å². The molecule has 1 fully saturated rings. The first kappa shape index (κ1) is 22.2. The molecular formula is C28H27N3O3. The molecule has 2 amide bonds. The van der Waals surface area contributed by atoms with Crippen LogP contribution in [-0.4, -0.2) is 71.6 Å². The molecule has 0 bridgehead atoms. The Hall–Kier alpha value is -3.61. The maximum atomic E-state index is 12.8. The van der Waals surface area contributed by atoms with Gasteiger partial charge in [0.25, 0.3) is 11.8 Å². The molecule has 0 unspecified atom stereocenters. The van der Waals surface area contributed by atoms with Gasteiger partial charge in [-0.25, -0.2) is 0 Å². The van der Waals surface area contributed by atoms with Gasteiger partial charge in [0.15, 0.2) is 5.78 Å². The Morgan fingerprint density at radius 2 is 1.12 bits per heavy atom. The van der Waals surface area contributed by atoms with Gasteiger partial charge in [0.05, 0.1) is 30.3 Å². The van der Waals surface area contributed by atoms with Crippen molar-refractivity contribution < 1.29 is 14.4 Å². The Morgan fingerprint density at radius 1 is 0.647 bits per heavy atom. The summed E-state index contributed by atoms with van der Waals surface area (Å²) in [7, 11) is 0. The average Bonchev–Trinajstić information content (AvgIpc) is 3.11. The number of hydrogen-bond acceptors (Lipinski definition) is 5. The summed E-state index contributed by atoms with van der Waals surface area (Å²) < 4.78 is 0. The van der Waals surface area contributed by atoms with Gasteiger partial charge < -0.3 is 0 Å². The van der Waals surface area contributed by atoms with E-state index >= 15 is 0 Å². The van der Waals surface area contributed by atoms with E-state index in [-0.39, 0.29) is 36.7 Å². The largest absolute Gasteiger partial charge is 0.296 e. The molecular weight excluding hydrogens is 426 g/mol. The molecule has 2 aliphatic rings. The van der Waals surface area contributed by atoms with Crippen molar-refractivity contribution >= 4 is 17.6 Å². The monoisotopic (exact) mass is 453 g/mol. The predicted octanol–water partition coefficient (Wildman–Crippen LogP) is 3.26. The van der Waals surface area contributed by atoms with Crippen LogP contribution in [-0.2, 0) is 4.79 Å². The van der Waals surface area contributed by atoms with Crippen molar-refractivity contribution in [1.82, 2.24) is 14.7 Å². The molecule has 0 spiro atoms. The average molecular weight is 454 g/mol. The number of rotatable bonds is 7. The van der Waals surface area contributed by atoms with E-state index in [1.54, 1.807) is 24.3 Å². The van der Waals surface area contributed by atoms with Crippen LogP contribution in [0.5, 0.6) is 0 Å². The summed E-state index contributed by atoms with van der Waals surface area (Å²) >= 11 is 0. The van der Waals surface area contributed by atoms with Crippen LogP contribution in [0.3, 0.4) is 0 Å². The van der Waals surface area contributed by atoms with Gasteiger partial charge in [0, 0.05) is 26.2 Å². The van der Waals surface area contributed by atoms with Gasteiger partial charge in [-0.1, -0.05) is 72.8 Å². The number of ketones is 1. The summed E-state index contributed by atoms with van der Waals surface area (Å²) in [6.07, 6.45) is 0. The number of amides is 2. The Balaban J connectivity index is 1.20. The topological polar surface area (TPSA) is 60.9 Å². The fraction of sp³-hybridized carbons (Fsp3) is 0.250. The van der Waals surface area contributed by atoms with Crippen molar-refractivity contribution in [2.45, 2.75) is 6.04 Å². The molecule has 0 radical (unpaired) electrons. The minimum absolute atomic E-state index is 0.120. The standard InChI is InChI=1S/C28H27N3O3/c32-23(20-31-27(33)24-13-7-8-14-25(24)28(31)34)19-29-15-17-30(18-16-29)26(21-9-3-1-4-10-21)22-11-5-2-6-12-22/h1-14,26H,15-20H2. The van der Waals surface area contributed by atoms with E-state index in [1.165, 1.54) is 11.1 Å². The second-order valence-electron chi connectivity index (χ2n) is 8.82. The van der Waals surface area contributed by atoms with Crippen LogP contribution in [0.2, 0.25) is 0 Å². The number of imide groups is 1. The van der Waals surface area contributed by atoms with E-state index in [0.717, 1.165) is 31.1 Å². The molecule has 2 heterocycles. The summed E-state index contributed by atoms with van der Waals surface area (Å²) in [5, 5.41) is 0. The second kappa shape index (κ2) is 9.71. The van der Waals surface area contributed by atoms with Crippen LogP contribution >= 0.6 is 0 Å². The maximum Gasteiger partial charge on any atom is 0.261 e. The van der Waals surface area contributed by atoms with Crippen LogP contribution in [0.25, 0.3) is 0 Å².